The second kappa shape index (κ2) is 7.21. The van der Waals surface area contributed by atoms with Gasteiger partial charge in [0.25, 0.3) is 5.91 Å². The van der Waals surface area contributed by atoms with Crippen LogP contribution in [0.4, 0.5) is 0 Å². The van der Waals surface area contributed by atoms with E-state index in [0.29, 0.717) is 11.0 Å². The normalized spacial score (nSPS) is 10.1. The van der Waals surface area contributed by atoms with Gasteiger partial charge in [-0.1, -0.05) is 18.2 Å². The first-order valence-electron chi connectivity index (χ1n) is 6.55. The zero-order valence-corrected chi connectivity index (χ0v) is 12.2. The standard InChI is InChI=1S/C15H13NO7/c1-21-13(18)7-16-12(17)8-22-14(19)10-6-9-4-2-3-5-11(9)23-15(10)20/h2-6H,7-8H2,1H3,(H,16,17). The molecule has 0 aliphatic heterocycles. The molecule has 2 aromatic rings. The summed E-state index contributed by atoms with van der Waals surface area (Å²) in [7, 11) is 1.17. The predicted molar refractivity (Wildman–Crippen MR) is 77.8 cm³/mol. The van der Waals surface area contributed by atoms with Crippen LogP contribution in [0.15, 0.2) is 39.5 Å². The number of ether oxygens (including phenoxy) is 2. The average molecular weight is 319 g/mol. The number of hydrogen-bond acceptors (Lipinski definition) is 7. The zero-order chi connectivity index (χ0) is 16.8. The summed E-state index contributed by atoms with van der Waals surface area (Å²) in [6.45, 7) is -0.979. The lowest BCUT2D eigenvalue weighted by molar-refractivity contribution is -0.141. The first kappa shape index (κ1) is 16.2. The highest BCUT2D eigenvalue weighted by Gasteiger charge is 2.16. The Labute approximate surface area is 130 Å². The van der Waals surface area contributed by atoms with Crippen molar-refractivity contribution in [3.05, 3.63) is 46.3 Å². The second-order valence-corrected chi connectivity index (χ2v) is 4.41. The second-order valence-electron chi connectivity index (χ2n) is 4.41. The quantitative estimate of drug-likeness (QED) is 0.620. The molecule has 1 aromatic carbocycles. The highest BCUT2D eigenvalue weighted by Crippen LogP contribution is 2.12. The molecule has 0 aliphatic rings. The maximum Gasteiger partial charge on any atom is 0.351 e. The summed E-state index contributed by atoms with van der Waals surface area (Å²) >= 11 is 0. The Morgan fingerprint density at radius 1 is 1.22 bits per heavy atom. The number of carbonyl (C=O) groups is 3. The summed E-state index contributed by atoms with van der Waals surface area (Å²) in [6, 6.07) is 7.99. The minimum Gasteiger partial charge on any atom is -0.468 e. The maximum atomic E-state index is 11.9. The molecule has 1 heterocycles. The van der Waals surface area contributed by atoms with Gasteiger partial charge in [0.05, 0.1) is 7.11 Å². The van der Waals surface area contributed by atoms with Crippen LogP contribution < -0.4 is 10.9 Å². The molecule has 8 heteroatoms. The van der Waals surface area contributed by atoms with E-state index in [1.807, 2.05) is 0 Å². The lowest BCUT2D eigenvalue weighted by Gasteiger charge is -2.05. The van der Waals surface area contributed by atoms with Gasteiger partial charge < -0.3 is 19.2 Å². The van der Waals surface area contributed by atoms with Crippen molar-refractivity contribution in [2.45, 2.75) is 0 Å². The fourth-order valence-corrected chi connectivity index (χ4v) is 1.71. The summed E-state index contributed by atoms with van der Waals surface area (Å²) in [5.74, 6) is -2.33. The first-order valence-corrected chi connectivity index (χ1v) is 6.55. The molecule has 0 aliphatic carbocycles. The first-order chi connectivity index (χ1) is 11.0. The van der Waals surface area contributed by atoms with Crippen molar-refractivity contribution in [2.24, 2.45) is 0 Å². The molecule has 0 atom stereocenters. The van der Waals surface area contributed by atoms with Gasteiger partial charge >= 0.3 is 17.6 Å². The van der Waals surface area contributed by atoms with E-state index < -0.39 is 30.1 Å². The molecule has 0 spiro atoms. The van der Waals surface area contributed by atoms with Crippen molar-refractivity contribution < 1.29 is 28.3 Å². The van der Waals surface area contributed by atoms with Crippen LogP contribution in [0.1, 0.15) is 10.4 Å². The third-order valence-electron chi connectivity index (χ3n) is 2.85. The number of hydrogen-bond donors (Lipinski definition) is 1. The molecule has 2 rings (SSSR count). The van der Waals surface area contributed by atoms with E-state index in [-0.39, 0.29) is 12.1 Å². The molecule has 23 heavy (non-hydrogen) atoms. The van der Waals surface area contributed by atoms with Gasteiger partial charge in [-0.25, -0.2) is 9.59 Å². The highest BCUT2D eigenvalue weighted by molar-refractivity contribution is 5.94. The van der Waals surface area contributed by atoms with Gasteiger partial charge in [-0.2, -0.15) is 0 Å². The Balaban J connectivity index is 2.01. The molecular formula is C15H13NO7. The maximum absolute atomic E-state index is 11.9. The van der Waals surface area contributed by atoms with Crippen LogP contribution in [0.2, 0.25) is 0 Å². The van der Waals surface area contributed by atoms with Gasteiger partial charge in [-0.05, 0) is 12.1 Å². The fraction of sp³-hybridized carbons (Fsp3) is 0.200. The Kier molecular flexibility index (Phi) is 5.08. The Hall–Kier alpha value is -3.16. The lowest BCUT2D eigenvalue weighted by Crippen LogP contribution is -2.34. The molecule has 1 N–H and O–H groups in total. The molecule has 0 saturated carbocycles. The molecule has 0 fully saturated rings. The number of benzene rings is 1. The SMILES string of the molecule is COC(=O)CNC(=O)COC(=O)c1cc2ccccc2oc1=O. The summed E-state index contributed by atoms with van der Waals surface area (Å²) < 4.78 is 14.1. The van der Waals surface area contributed by atoms with Crippen molar-refractivity contribution in [1.29, 1.82) is 0 Å². The molecule has 0 unspecified atom stereocenters. The van der Waals surface area contributed by atoms with Gasteiger partial charge in [0.1, 0.15) is 17.7 Å². The number of esters is 2. The topological polar surface area (TPSA) is 112 Å². The van der Waals surface area contributed by atoms with Crippen LogP contribution in [0.3, 0.4) is 0 Å². The van der Waals surface area contributed by atoms with Gasteiger partial charge in [-0.3, -0.25) is 9.59 Å². The summed E-state index contributed by atoms with van der Waals surface area (Å²) in [5, 5.41) is 2.74. The number of carbonyl (C=O) groups excluding carboxylic acids is 3. The number of para-hydroxylation sites is 1. The van der Waals surface area contributed by atoms with Crippen LogP contribution in [-0.4, -0.2) is 38.1 Å². The van der Waals surface area contributed by atoms with Crippen molar-refractivity contribution >= 4 is 28.8 Å². The molecule has 1 amide bonds. The highest BCUT2D eigenvalue weighted by atomic mass is 16.5. The molecule has 120 valence electrons. The van der Waals surface area contributed by atoms with Crippen molar-refractivity contribution in [3.8, 4) is 0 Å². The Morgan fingerprint density at radius 2 is 1.96 bits per heavy atom. The summed E-state index contributed by atoms with van der Waals surface area (Å²) in [5.41, 5.74) is -0.835. The van der Waals surface area contributed by atoms with Crippen LogP contribution in [0.5, 0.6) is 0 Å². The third-order valence-corrected chi connectivity index (χ3v) is 2.85. The molecule has 0 radical (unpaired) electrons. The molecule has 0 bridgehead atoms. The Bertz CT molecular complexity index is 809. The van der Waals surface area contributed by atoms with Crippen molar-refractivity contribution in [3.63, 3.8) is 0 Å². The van der Waals surface area contributed by atoms with E-state index in [2.05, 4.69) is 10.1 Å². The monoisotopic (exact) mass is 319 g/mol. The molecular weight excluding hydrogens is 306 g/mol. The number of nitrogens with one attached hydrogen (secondary N) is 1. The summed E-state index contributed by atoms with van der Waals surface area (Å²) in [4.78, 5) is 45.8. The average Bonchev–Trinajstić information content (AvgIpc) is 2.56. The van der Waals surface area contributed by atoms with Crippen LogP contribution in [0.25, 0.3) is 11.0 Å². The largest absolute Gasteiger partial charge is 0.468 e. The third kappa shape index (κ3) is 4.16. The number of rotatable bonds is 5. The predicted octanol–water partition coefficient (Wildman–Crippen LogP) is 0.239. The van der Waals surface area contributed by atoms with Gasteiger partial charge in [0.2, 0.25) is 0 Å². The minimum absolute atomic E-state index is 0.315. The number of amides is 1. The number of fused-ring (bicyclic) bond motifs is 1. The van der Waals surface area contributed by atoms with Gasteiger partial charge in [-0.15, -0.1) is 0 Å². The van der Waals surface area contributed by atoms with E-state index >= 15 is 0 Å². The van der Waals surface area contributed by atoms with Crippen LogP contribution >= 0.6 is 0 Å². The molecule has 8 nitrogen and oxygen atoms in total. The molecule has 0 saturated heterocycles. The lowest BCUT2D eigenvalue weighted by atomic mass is 10.2. The van der Waals surface area contributed by atoms with E-state index in [1.54, 1.807) is 24.3 Å². The Morgan fingerprint density at radius 3 is 2.70 bits per heavy atom. The van der Waals surface area contributed by atoms with E-state index in [4.69, 9.17) is 9.15 Å². The fourth-order valence-electron chi connectivity index (χ4n) is 1.71. The van der Waals surface area contributed by atoms with Gasteiger partial charge in [0.15, 0.2) is 6.61 Å². The van der Waals surface area contributed by atoms with Crippen molar-refractivity contribution in [1.82, 2.24) is 5.32 Å². The summed E-state index contributed by atoms with van der Waals surface area (Å²) in [6.07, 6.45) is 0. The number of methoxy groups -OCH3 is 1. The molecule has 1 aromatic heterocycles. The zero-order valence-electron chi connectivity index (χ0n) is 12.2. The minimum atomic E-state index is -0.988. The smallest absolute Gasteiger partial charge is 0.351 e. The van der Waals surface area contributed by atoms with E-state index in [0.717, 1.165) is 0 Å². The van der Waals surface area contributed by atoms with E-state index in [1.165, 1.54) is 13.2 Å². The van der Waals surface area contributed by atoms with Gasteiger partial charge in [0, 0.05) is 5.39 Å². The van der Waals surface area contributed by atoms with E-state index in [9.17, 15) is 19.2 Å². The van der Waals surface area contributed by atoms with Crippen LogP contribution in [-0.2, 0) is 19.1 Å². The van der Waals surface area contributed by atoms with Crippen LogP contribution in [0, 0.1) is 0 Å². The van der Waals surface area contributed by atoms with Crippen molar-refractivity contribution in [2.75, 3.05) is 20.3 Å².